The van der Waals surface area contributed by atoms with E-state index >= 15 is 0 Å². The smallest absolute Gasteiger partial charge is 0.343 e. The quantitative estimate of drug-likeness (QED) is 0.788. The molecule has 2 aromatic rings. The molecule has 0 spiro atoms. The van der Waals surface area contributed by atoms with Crippen LogP contribution in [-0.2, 0) is 12.8 Å². The molecule has 1 aromatic heterocycles. The van der Waals surface area contributed by atoms with E-state index in [1.165, 1.54) is 5.56 Å². The van der Waals surface area contributed by atoms with Crippen LogP contribution in [0.2, 0.25) is 0 Å². The van der Waals surface area contributed by atoms with Crippen molar-refractivity contribution in [2.45, 2.75) is 33.1 Å². The van der Waals surface area contributed by atoms with Crippen molar-refractivity contribution in [3.63, 3.8) is 0 Å². The summed E-state index contributed by atoms with van der Waals surface area (Å²) in [5, 5.41) is 1.74. The molecular weight excluding hydrogens is 200 g/mol. The molecule has 0 aliphatic heterocycles. The monoisotopic (exact) mass is 216 g/mol. The fourth-order valence-electron chi connectivity index (χ4n) is 2.12. The molecule has 0 N–H and O–H groups in total. The Hall–Kier alpha value is -1.57. The van der Waals surface area contributed by atoms with E-state index in [1.54, 1.807) is 0 Å². The minimum atomic E-state index is -0.212. The van der Waals surface area contributed by atoms with Gasteiger partial charge in [-0.25, -0.2) is 4.79 Å². The van der Waals surface area contributed by atoms with Crippen LogP contribution in [-0.4, -0.2) is 0 Å². The van der Waals surface area contributed by atoms with Crippen molar-refractivity contribution < 1.29 is 4.42 Å². The Kier molecular flexibility index (Phi) is 3.09. The SMILES string of the molecule is CCCc1oc(=O)c2ccccc2c1CC. The number of hydrogen-bond acceptors (Lipinski definition) is 2. The van der Waals surface area contributed by atoms with Crippen molar-refractivity contribution in [2.75, 3.05) is 0 Å². The van der Waals surface area contributed by atoms with E-state index in [2.05, 4.69) is 13.8 Å². The molecule has 2 rings (SSSR count). The summed E-state index contributed by atoms with van der Waals surface area (Å²) in [6.07, 6.45) is 2.73. The minimum absolute atomic E-state index is 0.212. The zero-order chi connectivity index (χ0) is 11.5. The molecule has 84 valence electrons. The normalized spacial score (nSPS) is 10.9. The van der Waals surface area contributed by atoms with Gasteiger partial charge in [0.1, 0.15) is 5.76 Å². The Morgan fingerprint density at radius 3 is 2.44 bits per heavy atom. The second-order valence-electron chi connectivity index (χ2n) is 3.94. The second-order valence-corrected chi connectivity index (χ2v) is 3.94. The number of rotatable bonds is 3. The first-order chi connectivity index (χ1) is 7.77. The van der Waals surface area contributed by atoms with Crippen molar-refractivity contribution >= 4 is 10.8 Å². The van der Waals surface area contributed by atoms with Crippen molar-refractivity contribution in [2.24, 2.45) is 0 Å². The van der Waals surface area contributed by atoms with E-state index in [0.717, 1.165) is 30.4 Å². The maximum Gasteiger partial charge on any atom is 0.343 e. The maximum atomic E-state index is 11.8. The van der Waals surface area contributed by atoms with Gasteiger partial charge in [-0.3, -0.25) is 0 Å². The lowest BCUT2D eigenvalue weighted by atomic mass is 10.0. The highest BCUT2D eigenvalue weighted by atomic mass is 16.4. The van der Waals surface area contributed by atoms with E-state index < -0.39 is 0 Å². The summed E-state index contributed by atoms with van der Waals surface area (Å²) in [4.78, 5) is 11.8. The Morgan fingerprint density at radius 2 is 1.81 bits per heavy atom. The molecule has 0 fully saturated rings. The van der Waals surface area contributed by atoms with E-state index in [0.29, 0.717) is 5.39 Å². The Morgan fingerprint density at radius 1 is 1.12 bits per heavy atom. The molecule has 1 aromatic carbocycles. The van der Waals surface area contributed by atoms with E-state index in [9.17, 15) is 4.79 Å². The van der Waals surface area contributed by atoms with E-state index in [4.69, 9.17) is 4.42 Å². The summed E-state index contributed by atoms with van der Waals surface area (Å²) in [7, 11) is 0. The third-order valence-corrected chi connectivity index (χ3v) is 2.86. The first kappa shape index (κ1) is 10.9. The molecule has 1 heterocycles. The summed E-state index contributed by atoms with van der Waals surface area (Å²) >= 11 is 0. The Bertz CT molecular complexity index is 552. The molecule has 0 unspecified atom stereocenters. The molecule has 0 atom stereocenters. The zero-order valence-corrected chi connectivity index (χ0v) is 9.75. The lowest BCUT2D eigenvalue weighted by Gasteiger charge is -2.08. The van der Waals surface area contributed by atoms with Crippen LogP contribution >= 0.6 is 0 Å². The predicted octanol–water partition coefficient (Wildman–Crippen LogP) is 3.31. The number of aryl methyl sites for hydroxylation is 2. The van der Waals surface area contributed by atoms with E-state index in [-0.39, 0.29) is 5.63 Å². The largest absolute Gasteiger partial charge is 0.427 e. The van der Waals surface area contributed by atoms with Crippen LogP contribution in [0.4, 0.5) is 0 Å². The van der Waals surface area contributed by atoms with E-state index in [1.807, 2.05) is 24.3 Å². The molecule has 0 aliphatic carbocycles. The van der Waals surface area contributed by atoms with Gasteiger partial charge in [-0.05, 0) is 29.9 Å². The first-order valence-electron chi connectivity index (χ1n) is 5.81. The Labute approximate surface area is 94.9 Å². The number of benzene rings is 1. The first-order valence-corrected chi connectivity index (χ1v) is 5.81. The lowest BCUT2D eigenvalue weighted by molar-refractivity contribution is 0.458. The van der Waals surface area contributed by atoms with Crippen LogP contribution in [0.1, 0.15) is 31.6 Å². The third kappa shape index (κ3) is 1.75. The lowest BCUT2D eigenvalue weighted by Crippen LogP contribution is -2.06. The van der Waals surface area contributed by atoms with Crippen LogP contribution in [0, 0.1) is 0 Å². The third-order valence-electron chi connectivity index (χ3n) is 2.86. The van der Waals surface area contributed by atoms with Gasteiger partial charge in [0.25, 0.3) is 0 Å². The summed E-state index contributed by atoms with van der Waals surface area (Å²) in [5.74, 6) is 0.855. The standard InChI is InChI=1S/C14H16O2/c1-3-7-13-10(4-2)11-8-5-6-9-12(11)14(15)16-13/h5-6,8-9H,3-4,7H2,1-2H3. The molecule has 16 heavy (non-hydrogen) atoms. The van der Waals surface area contributed by atoms with Crippen LogP contribution in [0.25, 0.3) is 10.8 Å². The summed E-state index contributed by atoms with van der Waals surface area (Å²) in [5.41, 5.74) is 0.966. The minimum Gasteiger partial charge on any atom is -0.427 e. The topological polar surface area (TPSA) is 30.2 Å². The molecule has 0 radical (unpaired) electrons. The highest BCUT2D eigenvalue weighted by Crippen LogP contribution is 2.21. The average molecular weight is 216 g/mol. The maximum absolute atomic E-state index is 11.8. The molecule has 0 aliphatic rings. The van der Waals surface area contributed by atoms with Crippen LogP contribution in [0.3, 0.4) is 0 Å². The van der Waals surface area contributed by atoms with Crippen molar-refractivity contribution in [3.8, 4) is 0 Å². The van der Waals surface area contributed by atoms with Crippen molar-refractivity contribution in [1.82, 2.24) is 0 Å². The number of fused-ring (bicyclic) bond motifs is 1. The van der Waals surface area contributed by atoms with Gasteiger partial charge >= 0.3 is 5.63 Å². The average Bonchev–Trinajstić information content (AvgIpc) is 2.30. The highest BCUT2D eigenvalue weighted by molar-refractivity contribution is 5.84. The highest BCUT2D eigenvalue weighted by Gasteiger charge is 2.10. The van der Waals surface area contributed by atoms with Crippen molar-refractivity contribution in [3.05, 3.63) is 46.0 Å². The molecule has 0 saturated heterocycles. The van der Waals surface area contributed by atoms with Crippen LogP contribution in [0.5, 0.6) is 0 Å². The summed E-state index contributed by atoms with van der Waals surface area (Å²) in [6, 6.07) is 7.68. The second kappa shape index (κ2) is 4.52. The fraction of sp³-hybridized carbons (Fsp3) is 0.357. The van der Waals surface area contributed by atoms with Gasteiger partial charge in [0.15, 0.2) is 0 Å². The zero-order valence-electron chi connectivity index (χ0n) is 9.75. The van der Waals surface area contributed by atoms with Gasteiger partial charge in [-0.2, -0.15) is 0 Å². The summed E-state index contributed by atoms with van der Waals surface area (Å²) < 4.78 is 5.40. The summed E-state index contributed by atoms with van der Waals surface area (Å²) in [6.45, 7) is 4.19. The van der Waals surface area contributed by atoms with Crippen molar-refractivity contribution in [1.29, 1.82) is 0 Å². The van der Waals surface area contributed by atoms with Crippen LogP contribution in [0.15, 0.2) is 33.5 Å². The van der Waals surface area contributed by atoms with Gasteiger partial charge in [0, 0.05) is 6.42 Å². The predicted molar refractivity (Wildman–Crippen MR) is 65.9 cm³/mol. The Balaban J connectivity index is 2.79. The fourth-order valence-corrected chi connectivity index (χ4v) is 2.12. The van der Waals surface area contributed by atoms with Gasteiger partial charge < -0.3 is 4.42 Å². The molecule has 0 saturated carbocycles. The molecule has 0 bridgehead atoms. The van der Waals surface area contributed by atoms with Crippen LogP contribution < -0.4 is 5.63 Å². The van der Waals surface area contributed by atoms with Gasteiger partial charge in [0.2, 0.25) is 0 Å². The van der Waals surface area contributed by atoms with Gasteiger partial charge in [-0.15, -0.1) is 0 Å². The van der Waals surface area contributed by atoms with Gasteiger partial charge in [0.05, 0.1) is 5.39 Å². The molecule has 2 nitrogen and oxygen atoms in total. The molecule has 0 amide bonds. The molecule has 2 heteroatoms. The number of hydrogen-bond donors (Lipinski definition) is 0. The molecular formula is C14H16O2. The van der Waals surface area contributed by atoms with Gasteiger partial charge in [-0.1, -0.05) is 32.0 Å².